The summed E-state index contributed by atoms with van der Waals surface area (Å²) in [5, 5.41) is 8.63. The van der Waals surface area contributed by atoms with Gasteiger partial charge in [-0.15, -0.1) is 0 Å². The summed E-state index contributed by atoms with van der Waals surface area (Å²) in [6.07, 6.45) is 6.30. The third kappa shape index (κ3) is 12.9. The Balaban J connectivity index is 0. The van der Waals surface area contributed by atoms with E-state index in [0.29, 0.717) is 32.1 Å². The van der Waals surface area contributed by atoms with Crippen LogP contribution in [0.5, 0.6) is 0 Å². The summed E-state index contributed by atoms with van der Waals surface area (Å²) in [6.45, 7) is 3.98. The van der Waals surface area contributed by atoms with Crippen molar-refractivity contribution in [1.82, 2.24) is 0 Å². The predicted octanol–water partition coefficient (Wildman–Crippen LogP) is -0.184. The normalized spacial score (nSPS) is 14.7. The van der Waals surface area contributed by atoms with Crippen LogP contribution in [0, 0.1) is 0 Å². The number of aliphatic hydroxyl groups excluding tert-OH is 1. The summed E-state index contributed by atoms with van der Waals surface area (Å²) in [7, 11) is -4.19. The molecule has 0 bridgehead atoms. The van der Waals surface area contributed by atoms with E-state index >= 15 is 0 Å². The minimum atomic E-state index is -4.19. The maximum absolute atomic E-state index is 11.1. The minimum absolute atomic E-state index is 0. The Morgan fingerprint density at radius 2 is 1.58 bits per heavy atom. The maximum atomic E-state index is 11.1. The SMILES string of the molecule is CCCCCCC(CCCC(O)CC)S(=O)(=O)[O-].[K+]. The van der Waals surface area contributed by atoms with Crippen molar-refractivity contribution < 1.29 is 69.5 Å². The van der Waals surface area contributed by atoms with Crippen molar-refractivity contribution in [2.45, 2.75) is 83.0 Å². The quantitative estimate of drug-likeness (QED) is 0.326. The average Bonchev–Trinajstić information content (AvgIpc) is 2.30. The standard InChI is InChI=1S/C13H28O4S.K/c1-3-5-6-7-10-13(18(15,16)17)11-8-9-12(14)4-2;/h12-14H,3-11H2,1-2H3,(H,15,16,17);/q;+1/p-1. The van der Waals surface area contributed by atoms with E-state index in [1.54, 1.807) is 0 Å². The Kier molecular flexibility index (Phi) is 15.8. The fourth-order valence-corrected chi connectivity index (χ4v) is 2.93. The van der Waals surface area contributed by atoms with Gasteiger partial charge in [0.2, 0.25) is 0 Å². The van der Waals surface area contributed by atoms with E-state index in [2.05, 4.69) is 6.92 Å². The van der Waals surface area contributed by atoms with Crippen molar-refractivity contribution in [3.05, 3.63) is 0 Å². The molecule has 0 saturated carbocycles. The molecular weight excluding hydrogens is 291 g/mol. The molecule has 4 nitrogen and oxygen atoms in total. The maximum Gasteiger partial charge on any atom is 1.00 e. The first-order valence-corrected chi connectivity index (χ1v) is 8.51. The molecule has 0 heterocycles. The van der Waals surface area contributed by atoms with Crippen molar-refractivity contribution in [1.29, 1.82) is 0 Å². The van der Waals surface area contributed by atoms with Crippen LogP contribution < -0.4 is 51.4 Å². The monoisotopic (exact) mass is 318 g/mol. The molecule has 0 spiro atoms. The topological polar surface area (TPSA) is 77.4 Å². The van der Waals surface area contributed by atoms with E-state index in [1.807, 2.05) is 6.92 Å². The van der Waals surface area contributed by atoms with Gasteiger partial charge in [0.15, 0.2) is 0 Å². The summed E-state index contributed by atoms with van der Waals surface area (Å²) in [5.41, 5.74) is 0. The molecule has 110 valence electrons. The zero-order valence-electron chi connectivity index (χ0n) is 12.6. The third-order valence-corrected chi connectivity index (χ3v) is 4.61. The second-order valence-corrected chi connectivity index (χ2v) is 6.61. The predicted molar refractivity (Wildman–Crippen MR) is 72.4 cm³/mol. The Morgan fingerprint density at radius 3 is 2.05 bits per heavy atom. The molecule has 0 amide bonds. The van der Waals surface area contributed by atoms with E-state index in [-0.39, 0.29) is 57.5 Å². The Hall–Kier alpha value is 1.51. The smallest absolute Gasteiger partial charge is 0.748 e. The van der Waals surface area contributed by atoms with E-state index in [0.717, 1.165) is 25.7 Å². The molecule has 19 heavy (non-hydrogen) atoms. The van der Waals surface area contributed by atoms with Crippen molar-refractivity contribution >= 4 is 10.1 Å². The second-order valence-electron chi connectivity index (χ2n) is 4.96. The molecule has 0 rings (SSSR count). The summed E-state index contributed by atoms with van der Waals surface area (Å²) in [5.74, 6) is 0. The summed E-state index contributed by atoms with van der Waals surface area (Å²) in [6, 6.07) is 0. The van der Waals surface area contributed by atoms with Crippen LogP contribution >= 0.6 is 0 Å². The molecule has 0 aromatic heterocycles. The zero-order valence-corrected chi connectivity index (χ0v) is 16.5. The van der Waals surface area contributed by atoms with Gasteiger partial charge in [-0.25, -0.2) is 8.42 Å². The molecule has 2 unspecified atom stereocenters. The van der Waals surface area contributed by atoms with Gasteiger partial charge < -0.3 is 9.66 Å². The largest absolute Gasteiger partial charge is 1.00 e. The molecule has 0 radical (unpaired) electrons. The van der Waals surface area contributed by atoms with Crippen LogP contribution in [0.4, 0.5) is 0 Å². The molecule has 0 aliphatic heterocycles. The summed E-state index contributed by atoms with van der Waals surface area (Å²) < 4.78 is 33.4. The first-order valence-electron chi connectivity index (χ1n) is 7.04. The van der Waals surface area contributed by atoms with E-state index in [9.17, 15) is 18.1 Å². The van der Waals surface area contributed by atoms with Crippen molar-refractivity contribution in [3.8, 4) is 0 Å². The summed E-state index contributed by atoms with van der Waals surface area (Å²) in [4.78, 5) is 0. The van der Waals surface area contributed by atoms with Crippen LogP contribution in [-0.2, 0) is 10.1 Å². The van der Waals surface area contributed by atoms with Gasteiger partial charge in [0.05, 0.1) is 16.2 Å². The molecule has 0 aliphatic carbocycles. The van der Waals surface area contributed by atoms with Crippen LogP contribution in [0.15, 0.2) is 0 Å². The van der Waals surface area contributed by atoms with Crippen molar-refractivity contribution in [2.24, 2.45) is 0 Å². The molecule has 0 aliphatic rings. The van der Waals surface area contributed by atoms with Gasteiger partial charge >= 0.3 is 51.4 Å². The van der Waals surface area contributed by atoms with Gasteiger partial charge in [0.25, 0.3) is 0 Å². The zero-order chi connectivity index (χ0) is 14.0. The second kappa shape index (κ2) is 13.2. The molecule has 2 atom stereocenters. The first-order chi connectivity index (χ1) is 8.41. The average molecular weight is 319 g/mol. The molecule has 0 aromatic rings. The van der Waals surface area contributed by atoms with Crippen molar-refractivity contribution in [3.63, 3.8) is 0 Å². The fraction of sp³-hybridized carbons (Fsp3) is 1.00. The van der Waals surface area contributed by atoms with E-state index in [1.165, 1.54) is 0 Å². The molecule has 1 N–H and O–H groups in total. The van der Waals surface area contributed by atoms with Crippen LogP contribution in [0.1, 0.15) is 71.6 Å². The Morgan fingerprint density at radius 1 is 1.00 bits per heavy atom. The van der Waals surface area contributed by atoms with Gasteiger partial charge in [-0.3, -0.25) is 0 Å². The molecule has 0 fully saturated rings. The van der Waals surface area contributed by atoms with Gasteiger partial charge in [-0.1, -0.05) is 39.5 Å². The van der Waals surface area contributed by atoms with Crippen LogP contribution in [-0.4, -0.2) is 29.4 Å². The van der Waals surface area contributed by atoms with Crippen LogP contribution in [0.25, 0.3) is 0 Å². The molecule has 6 heteroatoms. The molecule has 0 saturated heterocycles. The number of unbranched alkanes of at least 4 members (excludes halogenated alkanes) is 3. The molecule has 0 aromatic carbocycles. The van der Waals surface area contributed by atoms with Crippen molar-refractivity contribution in [2.75, 3.05) is 0 Å². The number of rotatable bonds is 11. The van der Waals surface area contributed by atoms with Gasteiger partial charge in [-0.2, -0.15) is 0 Å². The number of hydrogen-bond acceptors (Lipinski definition) is 4. The van der Waals surface area contributed by atoms with Crippen LogP contribution in [0.3, 0.4) is 0 Å². The van der Waals surface area contributed by atoms with Gasteiger partial charge in [-0.05, 0) is 32.1 Å². The van der Waals surface area contributed by atoms with Gasteiger partial charge in [0, 0.05) is 5.25 Å². The van der Waals surface area contributed by atoms with E-state index < -0.39 is 15.4 Å². The Labute approximate surface area is 160 Å². The summed E-state index contributed by atoms with van der Waals surface area (Å²) >= 11 is 0. The molecular formula is C13H27KO4S. The number of hydrogen-bond donors (Lipinski definition) is 1. The Bertz CT molecular complexity index is 293. The van der Waals surface area contributed by atoms with Crippen LogP contribution in [0.2, 0.25) is 0 Å². The number of aliphatic hydroxyl groups is 1. The fourth-order valence-electron chi connectivity index (χ4n) is 2.02. The third-order valence-electron chi connectivity index (χ3n) is 3.32. The minimum Gasteiger partial charge on any atom is -0.748 e. The van der Waals surface area contributed by atoms with E-state index in [4.69, 9.17) is 0 Å². The van der Waals surface area contributed by atoms with Gasteiger partial charge in [0.1, 0.15) is 0 Å². The first kappa shape index (κ1) is 22.8.